The van der Waals surface area contributed by atoms with Crippen molar-refractivity contribution in [3.05, 3.63) is 51.5 Å². The number of pyridine rings is 1. The maximum atomic E-state index is 12.8. The minimum atomic E-state index is -0.330. The van der Waals surface area contributed by atoms with E-state index in [2.05, 4.69) is 9.97 Å². The highest BCUT2D eigenvalue weighted by atomic mass is 16.2. The molecule has 0 bridgehead atoms. The van der Waals surface area contributed by atoms with Crippen molar-refractivity contribution in [3.63, 3.8) is 0 Å². The molecule has 2 rings (SSSR count). The second-order valence-corrected chi connectivity index (χ2v) is 5.52. The number of hydrogen-bond acceptors (Lipinski definition) is 3. The van der Waals surface area contributed by atoms with Crippen LogP contribution in [0.15, 0.2) is 23.3 Å². The van der Waals surface area contributed by atoms with E-state index in [1.54, 1.807) is 24.9 Å². The number of rotatable bonds is 5. The van der Waals surface area contributed by atoms with Crippen LogP contribution < -0.4 is 5.56 Å². The van der Waals surface area contributed by atoms with Crippen molar-refractivity contribution in [1.82, 2.24) is 19.4 Å². The Morgan fingerprint density at radius 1 is 1.41 bits per heavy atom. The Labute approximate surface area is 129 Å². The molecule has 0 aliphatic rings. The fourth-order valence-corrected chi connectivity index (χ4v) is 2.52. The zero-order valence-corrected chi connectivity index (χ0v) is 13.5. The second kappa shape index (κ2) is 6.60. The molecule has 0 atom stereocenters. The number of aryl methyl sites for hydroxylation is 3. The number of nitrogens with one attached hydrogen (secondary N) is 1. The van der Waals surface area contributed by atoms with Crippen molar-refractivity contribution in [3.8, 4) is 0 Å². The van der Waals surface area contributed by atoms with Gasteiger partial charge in [0.05, 0.1) is 6.54 Å². The van der Waals surface area contributed by atoms with Crippen LogP contribution in [0, 0.1) is 13.8 Å². The zero-order valence-electron chi connectivity index (χ0n) is 13.5. The average Bonchev–Trinajstić information content (AvgIpc) is 2.82. The summed E-state index contributed by atoms with van der Waals surface area (Å²) in [5, 5.41) is 0. The first-order valence-electron chi connectivity index (χ1n) is 7.40. The summed E-state index contributed by atoms with van der Waals surface area (Å²) in [4.78, 5) is 33.6. The molecular weight excluding hydrogens is 280 g/mol. The van der Waals surface area contributed by atoms with Gasteiger partial charge in [0.2, 0.25) is 0 Å². The second-order valence-electron chi connectivity index (χ2n) is 5.52. The first kappa shape index (κ1) is 16.0. The first-order chi connectivity index (χ1) is 10.4. The lowest BCUT2D eigenvalue weighted by Crippen LogP contribution is -2.36. The third-order valence-corrected chi connectivity index (χ3v) is 3.61. The SMILES string of the molecule is CCCN(Cc1nccn1C)C(=O)c1c(C)cc(C)[nH]c1=O. The Balaban J connectivity index is 2.35. The molecule has 22 heavy (non-hydrogen) atoms. The molecule has 2 aromatic rings. The van der Waals surface area contributed by atoms with Crippen molar-refractivity contribution >= 4 is 5.91 Å². The van der Waals surface area contributed by atoms with E-state index < -0.39 is 0 Å². The van der Waals surface area contributed by atoms with Crippen LogP contribution in [0.3, 0.4) is 0 Å². The quantitative estimate of drug-likeness (QED) is 0.915. The van der Waals surface area contributed by atoms with Gasteiger partial charge in [-0.1, -0.05) is 6.92 Å². The van der Waals surface area contributed by atoms with E-state index in [9.17, 15) is 9.59 Å². The molecule has 1 amide bonds. The predicted octanol–water partition coefficient (Wildman–Crippen LogP) is 1.78. The summed E-state index contributed by atoms with van der Waals surface area (Å²) in [5.74, 6) is 0.548. The van der Waals surface area contributed by atoms with Gasteiger partial charge in [0.1, 0.15) is 11.4 Å². The van der Waals surface area contributed by atoms with Gasteiger partial charge in [0, 0.05) is 31.7 Å². The third kappa shape index (κ3) is 3.27. The molecule has 2 heterocycles. The highest BCUT2D eigenvalue weighted by Gasteiger charge is 2.22. The lowest BCUT2D eigenvalue weighted by molar-refractivity contribution is 0.0735. The lowest BCUT2D eigenvalue weighted by atomic mass is 10.1. The molecule has 0 aliphatic heterocycles. The maximum Gasteiger partial charge on any atom is 0.261 e. The van der Waals surface area contributed by atoms with E-state index in [4.69, 9.17) is 0 Å². The first-order valence-corrected chi connectivity index (χ1v) is 7.40. The van der Waals surface area contributed by atoms with Gasteiger partial charge < -0.3 is 14.5 Å². The smallest absolute Gasteiger partial charge is 0.261 e. The van der Waals surface area contributed by atoms with Crippen LogP contribution in [0.2, 0.25) is 0 Å². The van der Waals surface area contributed by atoms with Gasteiger partial charge >= 0.3 is 0 Å². The molecule has 1 N–H and O–H groups in total. The molecule has 0 aliphatic carbocycles. The Bertz CT molecular complexity index is 730. The Kier molecular flexibility index (Phi) is 4.80. The summed E-state index contributed by atoms with van der Waals surface area (Å²) in [6.45, 7) is 6.58. The fraction of sp³-hybridized carbons (Fsp3) is 0.438. The number of carbonyl (C=O) groups excluding carboxylic acids is 1. The third-order valence-electron chi connectivity index (χ3n) is 3.61. The lowest BCUT2D eigenvalue weighted by Gasteiger charge is -2.22. The monoisotopic (exact) mass is 302 g/mol. The van der Waals surface area contributed by atoms with Gasteiger partial charge in [-0.25, -0.2) is 4.98 Å². The van der Waals surface area contributed by atoms with Crippen LogP contribution in [-0.4, -0.2) is 31.9 Å². The van der Waals surface area contributed by atoms with Crippen LogP contribution in [0.5, 0.6) is 0 Å². The number of aromatic nitrogens is 3. The van der Waals surface area contributed by atoms with E-state index in [1.807, 2.05) is 30.8 Å². The van der Waals surface area contributed by atoms with Crippen LogP contribution in [-0.2, 0) is 13.6 Å². The summed E-state index contributed by atoms with van der Waals surface area (Å²) >= 11 is 0. The van der Waals surface area contributed by atoms with Crippen molar-refractivity contribution in [2.45, 2.75) is 33.7 Å². The van der Waals surface area contributed by atoms with Crippen LogP contribution in [0.25, 0.3) is 0 Å². The van der Waals surface area contributed by atoms with Crippen molar-refractivity contribution < 1.29 is 4.79 Å². The Morgan fingerprint density at radius 3 is 2.68 bits per heavy atom. The normalized spacial score (nSPS) is 10.7. The van der Waals surface area contributed by atoms with E-state index in [0.29, 0.717) is 18.7 Å². The van der Waals surface area contributed by atoms with Crippen molar-refractivity contribution in [2.24, 2.45) is 7.05 Å². The van der Waals surface area contributed by atoms with Gasteiger partial charge in [-0.3, -0.25) is 9.59 Å². The largest absolute Gasteiger partial charge is 0.337 e. The number of nitrogens with zero attached hydrogens (tertiary/aromatic N) is 3. The van der Waals surface area contributed by atoms with Gasteiger partial charge in [-0.15, -0.1) is 0 Å². The summed E-state index contributed by atoms with van der Waals surface area (Å²) < 4.78 is 1.88. The Morgan fingerprint density at radius 2 is 2.14 bits per heavy atom. The topological polar surface area (TPSA) is 71.0 Å². The van der Waals surface area contributed by atoms with Gasteiger partial charge in [-0.2, -0.15) is 0 Å². The summed E-state index contributed by atoms with van der Waals surface area (Å²) in [6, 6.07) is 1.82. The molecule has 0 saturated carbocycles. The Hall–Kier alpha value is -2.37. The van der Waals surface area contributed by atoms with Crippen LogP contribution >= 0.6 is 0 Å². The highest BCUT2D eigenvalue weighted by molar-refractivity contribution is 5.95. The predicted molar refractivity (Wildman–Crippen MR) is 84.8 cm³/mol. The number of hydrogen-bond donors (Lipinski definition) is 1. The van der Waals surface area contributed by atoms with Gasteiger partial charge in [-0.05, 0) is 31.9 Å². The van der Waals surface area contributed by atoms with Crippen LogP contribution in [0.1, 0.15) is 40.8 Å². The zero-order chi connectivity index (χ0) is 16.3. The molecule has 0 spiro atoms. The van der Waals surface area contributed by atoms with Gasteiger partial charge in [0.15, 0.2) is 0 Å². The van der Waals surface area contributed by atoms with Gasteiger partial charge in [0.25, 0.3) is 11.5 Å². The molecular formula is C16H22N4O2. The summed E-state index contributed by atoms with van der Waals surface area (Å²) in [5.41, 5.74) is 1.34. The van der Waals surface area contributed by atoms with E-state index in [0.717, 1.165) is 17.9 Å². The number of H-pyrrole nitrogens is 1. The highest BCUT2D eigenvalue weighted by Crippen LogP contribution is 2.11. The molecule has 0 fully saturated rings. The van der Waals surface area contributed by atoms with E-state index in [1.165, 1.54) is 0 Å². The number of aromatic amines is 1. The number of imidazole rings is 1. The standard InChI is InChI=1S/C16H22N4O2/c1-5-7-20(10-13-17-6-8-19(13)4)16(22)14-11(2)9-12(3)18-15(14)21/h6,8-9H,5,7,10H2,1-4H3,(H,18,21). The minimum Gasteiger partial charge on any atom is -0.337 e. The van der Waals surface area contributed by atoms with Crippen LogP contribution in [0.4, 0.5) is 0 Å². The molecule has 6 nitrogen and oxygen atoms in total. The number of carbonyl (C=O) groups is 1. The maximum absolute atomic E-state index is 12.8. The van der Waals surface area contributed by atoms with Crippen molar-refractivity contribution in [2.75, 3.05) is 6.54 Å². The molecule has 0 saturated heterocycles. The molecule has 6 heteroatoms. The summed E-state index contributed by atoms with van der Waals surface area (Å²) in [7, 11) is 1.89. The number of amides is 1. The van der Waals surface area contributed by atoms with E-state index in [-0.39, 0.29) is 17.0 Å². The van der Waals surface area contributed by atoms with E-state index >= 15 is 0 Å². The molecule has 0 aromatic carbocycles. The fourth-order valence-electron chi connectivity index (χ4n) is 2.52. The minimum absolute atomic E-state index is 0.216. The molecule has 0 radical (unpaired) electrons. The summed E-state index contributed by atoms with van der Waals surface area (Å²) in [6.07, 6.45) is 4.36. The molecule has 0 unspecified atom stereocenters. The molecule has 118 valence electrons. The average molecular weight is 302 g/mol. The van der Waals surface area contributed by atoms with Crippen molar-refractivity contribution in [1.29, 1.82) is 0 Å². The molecule has 2 aromatic heterocycles.